The highest BCUT2D eigenvalue weighted by molar-refractivity contribution is 5.94. The Bertz CT molecular complexity index is 582. The van der Waals surface area contributed by atoms with Crippen LogP contribution >= 0.6 is 0 Å². The Morgan fingerprint density at radius 1 is 1.35 bits per heavy atom. The van der Waals surface area contributed by atoms with Crippen molar-refractivity contribution in [1.82, 2.24) is 10.3 Å². The number of nitrogens with one attached hydrogen (secondary N) is 1. The molecule has 4 nitrogen and oxygen atoms in total. The first kappa shape index (κ1) is 14.1. The van der Waals surface area contributed by atoms with E-state index in [4.69, 9.17) is 4.74 Å². The third-order valence-electron chi connectivity index (χ3n) is 3.09. The predicted octanol–water partition coefficient (Wildman–Crippen LogP) is 2.37. The van der Waals surface area contributed by atoms with Crippen LogP contribution in [0.2, 0.25) is 0 Å². The average molecular weight is 270 g/mol. The fraction of sp³-hybridized carbons (Fsp3) is 0.250. The van der Waals surface area contributed by atoms with Crippen LogP contribution in [0.3, 0.4) is 0 Å². The van der Waals surface area contributed by atoms with Gasteiger partial charge in [0.15, 0.2) is 0 Å². The van der Waals surface area contributed by atoms with Crippen molar-refractivity contribution in [3.05, 3.63) is 59.4 Å². The molecule has 0 saturated carbocycles. The fourth-order valence-corrected chi connectivity index (χ4v) is 1.93. The second-order valence-electron chi connectivity index (χ2n) is 4.55. The molecule has 0 radical (unpaired) electrons. The molecule has 0 fully saturated rings. The summed E-state index contributed by atoms with van der Waals surface area (Å²) in [5.41, 5.74) is 2.73. The van der Waals surface area contributed by atoms with E-state index in [0.717, 1.165) is 23.3 Å². The third-order valence-corrected chi connectivity index (χ3v) is 3.09. The zero-order chi connectivity index (χ0) is 14.4. The molecule has 0 saturated heterocycles. The SMILES string of the molecule is COc1cc(C(=O)NCCc2cccnc2)ccc1C. The van der Waals surface area contributed by atoms with Crippen LogP contribution in [-0.2, 0) is 6.42 Å². The van der Waals surface area contributed by atoms with Gasteiger partial charge in [0.2, 0.25) is 0 Å². The minimum absolute atomic E-state index is 0.0906. The van der Waals surface area contributed by atoms with E-state index < -0.39 is 0 Å². The van der Waals surface area contributed by atoms with Gasteiger partial charge in [-0.2, -0.15) is 0 Å². The van der Waals surface area contributed by atoms with E-state index in [1.807, 2.05) is 25.1 Å². The molecular formula is C16H18N2O2. The van der Waals surface area contributed by atoms with E-state index in [1.54, 1.807) is 31.6 Å². The molecule has 104 valence electrons. The Morgan fingerprint density at radius 2 is 2.20 bits per heavy atom. The van der Waals surface area contributed by atoms with Crippen LogP contribution in [0.25, 0.3) is 0 Å². The van der Waals surface area contributed by atoms with E-state index in [1.165, 1.54) is 0 Å². The molecule has 2 aromatic rings. The molecule has 0 aliphatic heterocycles. The molecule has 2 rings (SSSR count). The van der Waals surface area contributed by atoms with Crippen LogP contribution in [-0.4, -0.2) is 24.5 Å². The lowest BCUT2D eigenvalue weighted by molar-refractivity contribution is 0.0954. The number of carbonyl (C=O) groups is 1. The predicted molar refractivity (Wildman–Crippen MR) is 78.0 cm³/mol. The highest BCUT2D eigenvalue weighted by atomic mass is 16.5. The summed E-state index contributed by atoms with van der Waals surface area (Å²) in [5, 5.41) is 2.90. The number of benzene rings is 1. The van der Waals surface area contributed by atoms with Gasteiger partial charge in [-0.1, -0.05) is 12.1 Å². The van der Waals surface area contributed by atoms with Gasteiger partial charge in [0, 0.05) is 24.5 Å². The Kier molecular flexibility index (Phi) is 4.71. The largest absolute Gasteiger partial charge is 0.496 e. The average Bonchev–Trinajstić information content (AvgIpc) is 2.48. The summed E-state index contributed by atoms with van der Waals surface area (Å²) in [6.07, 6.45) is 4.31. The van der Waals surface area contributed by atoms with Crippen molar-refractivity contribution in [2.24, 2.45) is 0 Å². The second kappa shape index (κ2) is 6.70. The smallest absolute Gasteiger partial charge is 0.251 e. The Morgan fingerprint density at radius 3 is 2.90 bits per heavy atom. The maximum atomic E-state index is 12.0. The molecule has 0 bridgehead atoms. The highest BCUT2D eigenvalue weighted by Crippen LogP contribution is 2.18. The number of ether oxygens (including phenoxy) is 1. The number of aryl methyl sites for hydroxylation is 1. The fourth-order valence-electron chi connectivity index (χ4n) is 1.93. The summed E-state index contributed by atoms with van der Waals surface area (Å²) in [5.74, 6) is 0.636. The molecule has 0 aliphatic rings. The van der Waals surface area contributed by atoms with E-state index >= 15 is 0 Å². The molecule has 4 heteroatoms. The number of nitrogens with zero attached hydrogens (tertiary/aromatic N) is 1. The third kappa shape index (κ3) is 3.57. The summed E-state index contributed by atoms with van der Waals surface area (Å²) >= 11 is 0. The molecule has 1 heterocycles. The normalized spacial score (nSPS) is 10.1. The molecule has 0 unspecified atom stereocenters. The van der Waals surface area contributed by atoms with Crippen LogP contribution in [0.1, 0.15) is 21.5 Å². The van der Waals surface area contributed by atoms with Crippen LogP contribution in [0.4, 0.5) is 0 Å². The maximum absolute atomic E-state index is 12.0. The topological polar surface area (TPSA) is 51.2 Å². The monoisotopic (exact) mass is 270 g/mol. The number of carbonyl (C=O) groups excluding carboxylic acids is 1. The van der Waals surface area contributed by atoms with Crippen molar-refractivity contribution in [2.45, 2.75) is 13.3 Å². The molecule has 1 amide bonds. The first-order valence-electron chi connectivity index (χ1n) is 6.52. The van der Waals surface area contributed by atoms with Crippen molar-refractivity contribution in [3.8, 4) is 5.75 Å². The Labute approximate surface area is 118 Å². The zero-order valence-electron chi connectivity index (χ0n) is 11.7. The van der Waals surface area contributed by atoms with Crippen LogP contribution in [0.5, 0.6) is 5.75 Å². The van der Waals surface area contributed by atoms with E-state index in [0.29, 0.717) is 12.1 Å². The Balaban J connectivity index is 1.92. The molecule has 0 aliphatic carbocycles. The lowest BCUT2D eigenvalue weighted by Crippen LogP contribution is -2.25. The van der Waals surface area contributed by atoms with Gasteiger partial charge in [0.05, 0.1) is 7.11 Å². The maximum Gasteiger partial charge on any atom is 0.251 e. The number of aromatic nitrogens is 1. The lowest BCUT2D eigenvalue weighted by Gasteiger charge is -2.08. The summed E-state index contributed by atoms with van der Waals surface area (Å²) in [6, 6.07) is 9.33. The van der Waals surface area contributed by atoms with Gasteiger partial charge in [0.1, 0.15) is 5.75 Å². The molecule has 1 aromatic carbocycles. The molecule has 0 atom stereocenters. The number of methoxy groups -OCH3 is 1. The van der Waals surface area contributed by atoms with Gasteiger partial charge in [-0.15, -0.1) is 0 Å². The lowest BCUT2D eigenvalue weighted by atomic mass is 10.1. The van der Waals surface area contributed by atoms with Crippen molar-refractivity contribution < 1.29 is 9.53 Å². The second-order valence-corrected chi connectivity index (χ2v) is 4.55. The summed E-state index contributed by atoms with van der Waals surface area (Å²) < 4.78 is 5.22. The zero-order valence-corrected chi connectivity index (χ0v) is 11.7. The first-order chi connectivity index (χ1) is 9.70. The van der Waals surface area contributed by atoms with Crippen LogP contribution in [0.15, 0.2) is 42.7 Å². The van der Waals surface area contributed by atoms with Gasteiger partial charge >= 0.3 is 0 Å². The van der Waals surface area contributed by atoms with Crippen molar-refractivity contribution >= 4 is 5.91 Å². The van der Waals surface area contributed by atoms with Gasteiger partial charge in [0.25, 0.3) is 5.91 Å². The van der Waals surface area contributed by atoms with Crippen LogP contribution < -0.4 is 10.1 Å². The Hall–Kier alpha value is -2.36. The molecular weight excluding hydrogens is 252 g/mol. The molecule has 1 aromatic heterocycles. The van der Waals surface area contributed by atoms with Crippen LogP contribution in [0, 0.1) is 6.92 Å². The van der Waals surface area contributed by atoms with Gasteiger partial charge in [-0.25, -0.2) is 0 Å². The first-order valence-corrected chi connectivity index (χ1v) is 6.52. The molecule has 0 spiro atoms. The summed E-state index contributed by atoms with van der Waals surface area (Å²) in [4.78, 5) is 16.1. The standard InChI is InChI=1S/C16H18N2O2/c1-12-5-6-14(10-15(12)20-2)16(19)18-9-7-13-4-3-8-17-11-13/h3-6,8,10-11H,7,9H2,1-2H3,(H,18,19). The van der Waals surface area contributed by atoms with Crippen molar-refractivity contribution in [1.29, 1.82) is 0 Å². The highest BCUT2D eigenvalue weighted by Gasteiger charge is 2.07. The molecule has 1 N–H and O–H groups in total. The van der Waals surface area contributed by atoms with Gasteiger partial charge < -0.3 is 10.1 Å². The summed E-state index contributed by atoms with van der Waals surface area (Å²) in [6.45, 7) is 2.53. The number of rotatable bonds is 5. The summed E-state index contributed by atoms with van der Waals surface area (Å²) in [7, 11) is 1.60. The van der Waals surface area contributed by atoms with E-state index in [2.05, 4.69) is 10.3 Å². The number of amides is 1. The van der Waals surface area contributed by atoms with Crippen molar-refractivity contribution in [3.63, 3.8) is 0 Å². The van der Waals surface area contributed by atoms with E-state index in [9.17, 15) is 4.79 Å². The number of pyridine rings is 1. The number of hydrogen-bond acceptors (Lipinski definition) is 3. The quantitative estimate of drug-likeness (QED) is 0.907. The van der Waals surface area contributed by atoms with Gasteiger partial charge in [-0.05, 0) is 42.7 Å². The minimum Gasteiger partial charge on any atom is -0.496 e. The minimum atomic E-state index is -0.0906. The molecule has 20 heavy (non-hydrogen) atoms. The number of hydrogen-bond donors (Lipinski definition) is 1. The van der Waals surface area contributed by atoms with Gasteiger partial charge in [-0.3, -0.25) is 9.78 Å². The van der Waals surface area contributed by atoms with E-state index in [-0.39, 0.29) is 5.91 Å². The van der Waals surface area contributed by atoms with Crippen molar-refractivity contribution in [2.75, 3.05) is 13.7 Å².